The number of alkyl carbamates (subject to hydrolysis) is 1. The fourth-order valence-corrected chi connectivity index (χ4v) is 5.72. The van der Waals surface area contributed by atoms with Crippen molar-refractivity contribution < 1.29 is 29.3 Å². The maximum absolute atomic E-state index is 13.1. The summed E-state index contributed by atoms with van der Waals surface area (Å²) in [6, 6.07) is 14.7. The third-order valence-corrected chi connectivity index (χ3v) is 7.33. The van der Waals surface area contributed by atoms with Crippen LogP contribution in [-0.4, -0.2) is 64.4 Å². The zero-order chi connectivity index (χ0) is 23.8. The van der Waals surface area contributed by atoms with E-state index >= 15 is 0 Å². The molecule has 178 valence electrons. The van der Waals surface area contributed by atoms with Crippen molar-refractivity contribution in [3.05, 3.63) is 59.7 Å². The van der Waals surface area contributed by atoms with Crippen LogP contribution in [0.4, 0.5) is 4.79 Å². The van der Waals surface area contributed by atoms with E-state index in [4.69, 9.17) is 4.74 Å². The number of carboxylic acid groups (broad SMARTS) is 1. The monoisotopic (exact) mass is 464 g/mol. The Balaban J connectivity index is 1.23. The van der Waals surface area contributed by atoms with Gasteiger partial charge in [0.05, 0.1) is 12.0 Å². The molecule has 2 aromatic carbocycles. The summed E-state index contributed by atoms with van der Waals surface area (Å²) < 4.78 is 5.62. The van der Waals surface area contributed by atoms with Crippen LogP contribution in [0.5, 0.6) is 0 Å². The number of fused-ring (bicyclic) bond motifs is 3. The van der Waals surface area contributed by atoms with Gasteiger partial charge < -0.3 is 25.2 Å². The number of aliphatic hydroxyl groups excluding tert-OH is 1. The summed E-state index contributed by atoms with van der Waals surface area (Å²) in [5.74, 6) is -2.02. The van der Waals surface area contributed by atoms with Gasteiger partial charge in [0.15, 0.2) is 0 Å². The van der Waals surface area contributed by atoms with Gasteiger partial charge in [-0.2, -0.15) is 0 Å². The second kappa shape index (κ2) is 9.10. The molecule has 1 saturated heterocycles. The largest absolute Gasteiger partial charge is 0.480 e. The Morgan fingerprint density at radius 2 is 1.65 bits per heavy atom. The van der Waals surface area contributed by atoms with E-state index < -0.39 is 36.2 Å². The van der Waals surface area contributed by atoms with E-state index in [-0.39, 0.29) is 31.4 Å². The number of nitrogens with zero attached hydrogens (tertiary/aromatic N) is 1. The van der Waals surface area contributed by atoms with Crippen molar-refractivity contribution in [3.8, 4) is 11.1 Å². The third kappa shape index (κ3) is 4.03. The van der Waals surface area contributed by atoms with Gasteiger partial charge in [0, 0.05) is 24.9 Å². The average Bonchev–Trinajstić information content (AvgIpc) is 3.53. The first-order valence-corrected chi connectivity index (χ1v) is 11.8. The highest BCUT2D eigenvalue weighted by atomic mass is 16.5. The lowest BCUT2D eigenvalue weighted by Gasteiger charge is -2.28. The van der Waals surface area contributed by atoms with Crippen molar-refractivity contribution in [2.45, 2.75) is 49.8 Å². The van der Waals surface area contributed by atoms with Gasteiger partial charge >= 0.3 is 12.1 Å². The Bertz CT molecular complexity index is 1070. The Morgan fingerprint density at radius 3 is 2.29 bits per heavy atom. The molecule has 0 bridgehead atoms. The summed E-state index contributed by atoms with van der Waals surface area (Å²) in [7, 11) is 0. The van der Waals surface area contributed by atoms with E-state index in [0.29, 0.717) is 12.8 Å². The number of aliphatic carboxylic acids is 1. The van der Waals surface area contributed by atoms with Crippen LogP contribution in [0.3, 0.4) is 0 Å². The first kappa shape index (κ1) is 22.4. The first-order valence-electron chi connectivity index (χ1n) is 11.8. The zero-order valence-electron chi connectivity index (χ0n) is 18.7. The summed E-state index contributed by atoms with van der Waals surface area (Å²) in [6.45, 7) is 0.189. The molecule has 0 unspecified atom stereocenters. The number of benzene rings is 2. The normalized spacial score (nSPS) is 25.6. The number of likely N-dealkylation sites (tertiary alicyclic amines) is 1. The summed E-state index contributed by atoms with van der Waals surface area (Å²) in [4.78, 5) is 38.6. The van der Waals surface area contributed by atoms with Crippen LogP contribution in [0, 0.1) is 5.92 Å². The van der Waals surface area contributed by atoms with E-state index in [1.165, 1.54) is 4.90 Å². The Kier molecular flexibility index (Phi) is 6.00. The SMILES string of the molecule is O=C(N[C@@H]1CCC[C@@H]1C(=O)N1C[C@@H](O)C[C@H]1C(=O)O)OCC1c2ccccc2-c2ccccc21. The van der Waals surface area contributed by atoms with Crippen molar-refractivity contribution in [1.82, 2.24) is 10.2 Å². The molecule has 8 nitrogen and oxygen atoms in total. The van der Waals surface area contributed by atoms with Crippen molar-refractivity contribution >= 4 is 18.0 Å². The van der Waals surface area contributed by atoms with Crippen LogP contribution in [0.1, 0.15) is 42.7 Å². The highest BCUT2D eigenvalue weighted by molar-refractivity contribution is 5.87. The zero-order valence-corrected chi connectivity index (χ0v) is 18.7. The quantitative estimate of drug-likeness (QED) is 0.627. The molecule has 2 amide bonds. The number of carbonyl (C=O) groups is 3. The summed E-state index contributed by atoms with van der Waals surface area (Å²) >= 11 is 0. The number of ether oxygens (including phenoxy) is 1. The molecular formula is C26H28N2O6. The van der Waals surface area contributed by atoms with Gasteiger partial charge in [-0.15, -0.1) is 0 Å². The van der Waals surface area contributed by atoms with Gasteiger partial charge in [-0.25, -0.2) is 9.59 Å². The molecule has 1 saturated carbocycles. The van der Waals surface area contributed by atoms with E-state index in [2.05, 4.69) is 29.6 Å². The number of amides is 2. The fourth-order valence-electron chi connectivity index (χ4n) is 5.72. The lowest BCUT2D eigenvalue weighted by Crippen LogP contribution is -2.49. The predicted octanol–water partition coefficient (Wildman–Crippen LogP) is 2.74. The minimum atomic E-state index is -1.12. The molecule has 1 heterocycles. The van der Waals surface area contributed by atoms with Crippen LogP contribution in [0.25, 0.3) is 11.1 Å². The molecule has 3 aliphatic rings. The predicted molar refractivity (Wildman–Crippen MR) is 123 cm³/mol. The first-order chi connectivity index (χ1) is 16.4. The molecule has 3 N–H and O–H groups in total. The number of aliphatic hydroxyl groups is 1. The molecule has 1 aliphatic heterocycles. The standard InChI is InChI=1S/C26H28N2O6/c29-15-12-23(25(31)32)28(13-15)24(30)20-10-5-11-22(20)27-26(33)34-14-21-18-8-3-1-6-16(18)17-7-2-4-9-19(17)21/h1-4,6-9,15,20-23,29H,5,10-14H2,(H,27,33)(H,31,32)/t15-,20-,22+,23-/m0/s1. The van der Waals surface area contributed by atoms with Gasteiger partial charge in [-0.3, -0.25) is 4.79 Å². The van der Waals surface area contributed by atoms with Gasteiger partial charge in [0.1, 0.15) is 12.6 Å². The number of hydrogen-bond donors (Lipinski definition) is 3. The molecule has 0 spiro atoms. The number of carbonyl (C=O) groups excluding carboxylic acids is 2. The van der Waals surface area contributed by atoms with Crippen LogP contribution in [-0.2, 0) is 14.3 Å². The molecule has 2 aliphatic carbocycles. The van der Waals surface area contributed by atoms with Crippen molar-refractivity contribution in [1.29, 1.82) is 0 Å². The average molecular weight is 465 g/mol. The third-order valence-electron chi connectivity index (χ3n) is 7.33. The Labute approximate surface area is 197 Å². The van der Waals surface area contributed by atoms with Crippen LogP contribution >= 0.6 is 0 Å². The Morgan fingerprint density at radius 1 is 1.00 bits per heavy atom. The van der Waals surface area contributed by atoms with Crippen LogP contribution < -0.4 is 5.32 Å². The lowest BCUT2D eigenvalue weighted by atomic mass is 9.98. The van der Waals surface area contributed by atoms with Crippen LogP contribution in [0.2, 0.25) is 0 Å². The lowest BCUT2D eigenvalue weighted by molar-refractivity contribution is -0.150. The second-order valence-electron chi connectivity index (χ2n) is 9.35. The minimum absolute atomic E-state index is 0.00393. The Hall–Kier alpha value is -3.39. The van der Waals surface area contributed by atoms with E-state index in [0.717, 1.165) is 28.7 Å². The fraction of sp³-hybridized carbons (Fsp3) is 0.423. The van der Waals surface area contributed by atoms with E-state index in [1.807, 2.05) is 24.3 Å². The molecule has 2 fully saturated rings. The topological polar surface area (TPSA) is 116 Å². The van der Waals surface area contributed by atoms with Gasteiger partial charge in [-0.05, 0) is 35.1 Å². The van der Waals surface area contributed by atoms with E-state index in [9.17, 15) is 24.6 Å². The highest BCUT2D eigenvalue weighted by Gasteiger charge is 2.44. The number of rotatable bonds is 5. The number of hydrogen-bond acceptors (Lipinski definition) is 5. The smallest absolute Gasteiger partial charge is 0.407 e. The van der Waals surface area contributed by atoms with Gasteiger partial charge in [0.25, 0.3) is 0 Å². The molecule has 5 rings (SSSR count). The van der Waals surface area contributed by atoms with Crippen molar-refractivity contribution in [2.24, 2.45) is 5.92 Å². The number of nitrogens with one attached hydrogen (secondary N) is 1. The summed E-state index contributed by atoms with van der Waals surface area (Å²) in [5, 5.41) is 22.2. The summed E-state index contributed by atoms with van der Waals surface area (Å²) in [5.41, 5.74) is 4.54. The molecule has 0 radical (unpaired) electrons. The molecule has 8 heteroatoms. The van der Waals surface area contributed by atoms with Gasteiger partial charge in [-0.1, -0.05) is 55.0 Å². The van der Waals surface area contributed by atoms with Crippen molar-refractivity contribution in [3.63, 3.8) is 0 Å². The van der Waals surface area contributed by atoms with Gasteiger partial charge in [0.2, 0.25) is 5.91 Å². The molecule has 2 aromatic rings. The summed E-state index contributed by atoms with van der Waals surface area (Å²) in [6.07, 6.45) is 0.528. The van der Waals surface area contributed by atoms with Crippen molar-refractivity contribution in [2.75, 3.05) is 13.2 Å². The molecule has 4 atom stereocenters. The molecular weight excluding hydrogens is 436 g/mol. The number of carboxylic acids is 1. The van der Waals surface area contributed by atoms with Crippen LogP contribution in [0.15, 0.2) is 48.5 Å². The maximum atomic E-state index is 13.1. The molecule has 0 aromatic heterocycles. The number of β-amino-alcohol motifs (C(OH)–C–C–N with tert-alkyl or cyclic N) is 1. The second-order valence-corrected chi connectivity index (χ2v) is 9.35. The minimum Gasteiger partial charge on any atom is -0.480 e. The maximum Gasteiger partial charge on any atom is 0.407 e. The highest BCUT2D eigenvalue weighted by Crippen LogP contribution is 2.44. The van der Waals surface area contributed by atoms with E-state index in [1.54, 1.807) is 0 Å². The molecule has 34 heavy (non-hydrogen) atoms.